The molecule has 1 amide bonds. The van der Waals surface area contributed by atoms with Crippen LogP contribution >= 0.6 is 0 Å². The van der Waals surface area contributed by atoms with Crippen LogP contribution in [0.3, 0.4) is 0 Å². The highest BCUT2D eigenvalue weighted by molar-refractivity contribution is 5.98. The highest BCUT2D eigenvalue weighted by atomic mass is 16.6. The van der Waals surface area contributed by atoms with E-state index in [-0.39, 0.29) is 0 Å². The Labute approximate surface area is 148 Å². The number of methoxy groups -OCH3 is 1. The summed E-state index contributed by atoms with van der Waals surface area (Å²) in [5.74, 6) is 0. The molecule has 0 unspecified atom stereocenters. The van der Waals surface area contributed by atoms with Gasteiger partial charge in [0.15, 0.2) is 0 Å². The Morgan fingerprint density at radius 3 is 2.28 bits per heavy atom. The second-order valence-corrected chi connectivity index (χ2v) is 6.51. The lowest BCUT2D eigenvalue weighted by Gasteiger charge is -2.29. The molecule has 0 heterocycles. The van der Waals surface area contributed by atoms with Gasteiger partial charge in [0.25, 0.3) is 0 Å². The van der Waals surface area contributed by atoms with Crippen molar-refractivity contribution in [3.63, 3.8) is 0 Å². The third-order valence-electron chi connectivity index (χ3n) is 3.37. The summed E-state index contributed by atoms with van der Waals surface area (Å²) in [4.78, 5) is 14.4. The quantitative estimate of drug-likeness (QED) is 0.805. The van der Waals surface area contributed by atoms with E-state index in [1.807, 2.05) is 24.3 Å². The van der Waals surface area contributed by atoms with Crippen molar-refractivity contribution in [2.75, 3.05) is 12.0 Å². The molecule has 0 aliphatic rings. The van der Waals surface area contributed by atoms with Crippen LogP contribution in [0.15, 0.2) is 48.5 Å². The maximum absolute atomic E-state index is 12.9. The number of carbonyl (C=O) groups is 1. The predicted octanol–water partition coefficient (Wildman–Crippen LogP) is 4.78. The first-order valence-corrected chi connectivity index (χ1v) is 7.96. The van der Waals surface area contributed by atoms with Crippen molar-refractivity contribution in [2.45, 2.75) is 33.0 Å². The van der Waals surface area contributed by atoms with Crippen molar-refractivity contribution in [1.29, 1.82) is 5.26 Å². The predicted molar refractivity (Wildman–Crippen MR) is 96.7 cm³/mol. The van der Waals surface area contributed by atoms with Crippen LogP contribution in [0.2, 0.25) is 0 Å². The minimum Gasteiger partial charge on any atom is -0.443 e. The molecule has 130 valence electrons. The number of benzene rings is 2. The molecule has 0 aliphatic heterocycles. The first-order valence-electron chi connectivity index (χ1n) is 7.96. The lowest BCUT2D eigenvalue weighted by molar-refractivity contribution is 0.0598. The monoisotopic (exact) mass is 338 g/mol. The molecule has 0 spiro atoms. The van der Waals surface area contributed by atoms with Gasteiger partial charge in [0.1, 0.15) is 11.7 Å². The van der Waals surface area contributed by atoms with Crippen LogP contribution in [0.4, 0.5) is 16.2 Å². The molecular weight excluding hydrogens is 316 g/mol. The van der Waals surface area contributed by atoms with E-state index < -0.39 is 11.7 Å². The Kier molecular flexibility index (Phi) is 5.79. The number of amides is 1. The van der Waals surface area contributed by atoms with Gasteiger partial charge in [-0.3, -0.25) is 0 Å². The van der Waals surface area contributed by atoms with Crippen LogP contribution in [0.1, 0.15) is 31.9 Å². The van der Waals surface area contributed by atoms with E-state index in [2.05, 4.69) is 6.07 Å². The standard InChI is InChI=1S/C20H22N2O3/c1-20(2,3)25-19(23)22(17-11-7-5-9-15(17)13-21)18-12-8-6-10-16(18)14-24-4/h5-12H,14H2,1-4H3. The fraction of sp³-hybridized carbons (Fsp3) is 0.300. The summed E-state index contributed by atoms with van der Waals surface area (Å²) in [5.41, 5.74) is 1.65. The van der Waals surface area contributed by atoms with Gasteiger partial charge in [0.05, 0.1) is 23.5 Å². The summed E-state index contributed by atoms with van der Waals surface area (Å²) in [6.45, 7) is 5.76. The molecule has 0 bridgehead atoms. The van der Waals surface area contributed by atoms with Crippen molar-refractivity contribution in [1.82, 2.24) is 0 Å². The average Bonchev–Trinajstić information content (AvgIpc) is 2.56. The Hall–Kier alpha value is -2.84. The molecule has 0 fully saturated rings. The third-order valence-corrected chi connectivity index (χ3v) is 3.37. The van der Waals surface area contributed by atoms with E-state index in [1.165, 1.54) is 4.90 Å². The molecule has 0 saturated carbocycles. The molecule has 0 N–H and O–H groups in total. The average molecular weight is 338 g/mol. The van der Waals surface area contributed by atoms with Crippen molar-refractivity contribution < 1.29 is 14.3 Å². The highest BCUT2D eigenvalue weighted by Crippen LogP contribution is 2.33. The number of nitriles is 1. The van der Waals surface area contributed by atoms with Crippen LogP contribution in [0, 0.1) is 11.3 Å². The number of carbonyl (C=O) groups excluding carboxylic acids is 1. The maximum atomic E-state index is 12.9. The Morgan fingerprint density at radius 2 is 1.68 bits per heavy atom. The molecule has 0 radical (unpaired) electrons. The van der Waals surface area contributed by atoms with E-state index in [0.29, 0.717) is 23.5 Å². The topological polar surface area (TPSA) is 62.6 Å². The zero-order valence-electron chi connectivity index (χ0n) is 14.9. The smallest absolute Gasteiger partial charge is 0.419 e. The summed E-state index contributed by atoms with van der Waals surface area (Å²) < 4.78 is 10.8. The van der Waals surface area contributed by atoms with E-state index >= 15 is 0 Å². The van der Waals surface area contributed by atoms with Gasteiger partial charge in [-0.05, 0) is 39.0 Å². The number of hydrogen-bond acceptors (Lipinski definition) is 4. The van der Waals surface area contributed by atoms with Gasteiger partial charge in [-0.15, -0.1) is 0 Å². The first kappa shape index (κ1) is 18.5. The molecule has 0 aromatic heterocycles. The minimum absolute atomic E-state index is 0.337. The second-order valence-electron chi connectivity index (χ2n) is 6.51. The van der Waals surface area contributed by atoms with E-state index in [1.54, 1.807) is 52.1 Å². The number of nitrogens with zero attached hydrogens (tertiary/aromatic N) is 2. The van der Waals surface area contributed by atoms with Crippen molar-refractivity contribution >= 4 is 17.5 Å². The van der Waals surface area contributed by atoms with Gasteiger partial charge in [0.2, 0.25) is 0 Å². The lowest BCUT2D eigenvalue weighted by Crippen LogP contribution is -2.34. The molecule has 2 rings (SSSR count). The molecule has 0 saturated heterocycles. The van der Waals surface area contributed by atoms with Crippen molar-refractivity contribution in [2.24, 2.45) is 0 Å². The number of ether oxygens (including phenoxy) is 2. The van der Waals surface area contributed by atoms with Crippen LogP contribution in [0.5, 0.6) is 0 Å². The molecule has 0 atom stereocenters. The van der Waals surface area contributed by atoms with Crippen molar-refractivity contribution in [3.05, 3.63) is 59.7 Å². The first-order chi connectivity index (χ1) is 11.9. The van der Waals surface area contributed by atoms with Gasteiger partial charge in [0, 0.05) is 12.7 Å². The Bertz CT molecular complexity index is 788. The van der Waals surface area contributed by atoms with E-state index in [9.17, 15) is 10.1 Å². The zero-order chi connectivity index (χ0) is 18.4. The third kappa shape index (κ3) is 4.59. The van der Waals surface area contributed by atoms with Gasteiger partial charge >= 0.3 is 6.09 Å². The zero-order valence-corrected chi connectivity index (χ0v) is 14.9. The van der Waals surface area contributed by atoms with E-state index in [0.717, 1.165) is 5.56 Å². The summed E-state index contributed by atoms with van der Waals surface area (Å²) in [6, 6.07) is 16.5. The summed E-state index contributed by atoms with van der Waals surface area (Å²) in [7, 11) is 1.60. The number of para-hydroxylation sites is 2. The van der Waals surface area contributed by atoms with Gasteiger partial charge in [-0.1, -0.05) is 30.3 Å². The molecule has 0 aliphatic carbocycles. The molecule has 2 aromatic carbocycles. The lowest BCUT2D eigenvalue weighted by atomic mass is 10.1. The molecule has 25 heavy (non-hydrogen) atoms. The van der Waals surface area contributed by atoms with Gasteiger partial charge < -0.3 is 9.47 Å². The fourth-order valence-electron chi connectivity index (χ4n) is 2.40. The van der Waals surface area contributed by atoms with Crippen LogP contribution in [-0.4, -0.2) is 18.8 Å². The SMILES string of the molecule is COCc1ccccc1N(C(=O)OC(C)(C)C)c1ccccc1C#N. The molecule has 2 aromatic rings. The van der Waals surface area contributed by atoms with Gasteiger partial charge in [-0.25, -0.2) is 9.69 Å². The Balaban J connectivity index is 2.62. The number of hydrogen-bond donors (Lipinski definition) is 0. The van der Waals surface area contributed by atoms with Crippen molar-refractivity contribution in [3.8, 4) is 6.07 Å². The van der Waals surface area contributed by atoms with E-state index in [4.69, 9.17) is 9.47 Å². The normalized spacial score (nSPS) is 10.8. The van der Waals surface area contributed by atoms with Crippen LogP contribution < -0.4 is 4.90 Å². The highest BCUT2D eigenvalue weighted by Gasteiger charge is 2.28. The minimum atomic E-state index is -0.660. The number of anilines is 2. The summed E-state index contributed by atoms with van der Waals surface area (Å²) in [6.07, 6.45) is -0.543. The fourth-order valence-corrected chi connectivity index (χ4v) is 2.40. The molecule has 5 heteroatoms. The summed E-state index contributed by atoms with van der Waals surface area (Å²) >= 11 is 0. The largest absolute Gasteiger partial charge is 0.443 e. The maximum Gasteiger partial charge on any atom is 0.419 e. The Morgan fingerprint density at radius 1 is 1.08 bits per heavy atom. The molecular formula is C20H22N2O3. The van der Waals surface area contributed by atoms with Crippen LogP contribution in [0.25, 0.3) is 0 Å². The summed E-state index contributed by atoms with van der Waals surface area (Å²) in [5, 5.41) is 9.45. The van der Waals surface area contributed by atoms with Crippen LogP contribution in [-0.2, 0) is 16.1 Å². The molecule has 5 nitrogen and oxygen atoms in total. The second kappa shape index (κ2) is 7.82. The number of rotatable bonds is 4. The van der Waals surface area contributed by atoms with Gasteiger partial charge in [-0.2, -0.15) is 5.26 Å².